The number of benzene rings is 3. The van der Waals surface area contributed by atoms with Crippen LogP contribution in [0.1, 0.15) is 50.7 Å². The molecule has 0 aliphatic carbocycles. The predicted octanol–water partition coefficient (Wildman–Crippen LogP) is 10.1. The Labute approximate surface area is 261 Å². The molecule has 5 aromatic heterocycles. The number of hydrogen-bond donors (Lipinski definition) is 0. The van der Waals surface area contributed by atoms with E-state index < -0.39 is 0 Å². The van der Waals surface area contributed by atoms with Gasteiger partial charge >= 0.3 is 0 Å². The smallest absolute Gasteiger partial charge is 0.147 e. The average molecular weight is 588 g/mol. The Balaban J connectivity index is 1.27. The maximum atomic E-state index is 6.56. The van der Waals surface area contributed by atoms with Crippen molar-refractivity contribution < 1.29 is 4.74 Å². The van der Waals surface area contributed by atoms with Crippen molar-refractivity contribution in [1.29, 1.82) is 0 Å². The summed E-state index contributed by atoms with van der Waals surface area (Å²) in [4.78, 5) is 14.5. The molecule has 3 aromatic carbocycles. The van der Waals surface area contributed by atoms with Gasteiger partial charge in [-0.15, -0.1) is 0 Å². The molecule has 0 bridgehead atoms. The third-order valence-corrected chi connectivity index (χ3v) is 8.70. The molecule has 0 saturated carbocycles. The maximum Gasteiger partial charge on any atom is 0.147 e. The number of fused-ring (bicyclic) bond motifs is 6. The molecule has 8 rings (SSSR count). The Morgan fingerprint density at radius 3 is 1.73 bits per heavy atom. The van der Waals surface area contributed by atoms with Crippen LogP contribution in [0.5, 0.6) is 11.5 Å². The Hall–Kier alpha value is -5.49. The van der Waals surface area contributed by atoms with Gasteiger partial charge in [-0.1, -0.05) is 64.1 Å². The first-order valence-electron chi connectivity index (χ1n) is 15.5. The first-order chi connectivity index (χ1) is 22.0. The summed E-state index contributed by atoms with van der Waals surface area (Å²) in [6, 6.07) is 33.7. The highest BCUT2D eigenvalue weighted by molar-refractivity contribution is 6.09. The number of nitrogens with zero attached hydrogens (tertiary/aromatic N) is 5. The molecule has 6 heteroatoms. The standard InChI is InChI=1S/C39H33N5O/c1-24(2)26-15-17-40-37(19-26)43-33-11-7-5-9-30(33)31-14-13-28(21-35(31)43)45-29-22-36-39(42-23-29)32-10-6-8-12-34(32)44(36)38-20-27(25(3)4)16-18-41-38/h5-25H,1-4H3. The Morgan fingerprint density at radius 1 is 0.511 bits per heavy atom. The third-order valence-electron chi connectivity index (χ3n) is 8.70. The highest BCUT2D eigenvalue weighted by Crippen LogP contribution is 2.37. The van der Waals surface area contributed by atoms with Crippen LogP contribution in [0, 0.1) is 0 Å². The quantitative estimate of drug-likeness (QED) is 0.194. The molecule has 0 N–H and O–H groups in total. The molecule has 6 nitrogen and oxygen atoms in total. The van der Waals surface area contributed by atoms with E-state index in [1.54, 1.807) is 0 Å². The lowest BCUT2D eigenvalue weighted by atomic mass is 10.1. The summed E-state index contributed by atoms with van der Waals surface area (Å²) >= 11 is 0. The van der Waals surface area contributed by atoms with E-state index >= 15 is 0 Å². The topological polar surface area (TPSA) is 57.8 Å². The molecule has 0 atom stereocenters. The number of hydrogen-bond acceptors (Lipinski definition) is 4. The summed E-state index contributed by atoms with van der Waals surface area (Å²) in [5.74, 6) is 3.95. The van der Waals surface area contributed by atoms with Crippen LogP contribution < -0.4 is 4.74 Å². The average Bonchev–Trinajstić information content (AvgIpc) is 3.57. The highest BCUT2D eigenvalue weighted by atomic mass is 16.5. The number of para-hydroxylation sites is 2. The summed E-state index contributed by atoms with van der Waals surface area (Å²) in [7, 11) is 0. The van der Waals surface area contributed by atoms with E-state index in [1.807, 2.05) is 24.7 Å². The lowest BCUT2D eigenvalue weighted by molar-refractivity contribution is 0.482. The summed E-state index contributed by atoms with van der Waals surface area (Å²) in [6.07, 6.45) is 5.60. The number of pyridine rings is 3. The molecule has 5 heterocycles. The Bertz CT molecular complexity index is 2210. The van der Waals surface area contributed by atoms with E-state index in [1.165, 1.54) is 16.5 Å². The lowest BCUT2D eigenvalue weighted by Gasteiger charge is -2.12. The molecule has 0 aliphatic heterocycles. The van der Waals surface area contributed by atoms with E-state index in [0.717, 1.165) is 55.7 Å². The van der Waals surface area contributed by atoms with Crippen molar-refractivity contribution in [2.45, 2.75) is 39.5 Å². The van der Waals surface area contributed by atoms with Crippen molar-refractivity contribution in [3.05, 3.63) is 127 Å². The van der Waals surface area contributed by atoms with Crippen LogP contribution in [0.3, 0.4) is 0 Å². The zero-order valence-electron chi connectivity index (χ0n) is 25.8. The van der Waals surface area contributed by atoms with E-state index in [-0.39, 0.29) is 0 Å². The van der Waals surface area contributed by atoms with Gasteiger partial charge in [0.15, 0.2) is 0 Å². The number of aromatic nitrogens is 5. The van der Waals surface area contributed by atoms with Crippen molar-refractivity contribution in [3.63, 3.8) is 0 Å². The molecule has 0 unspecified atom stereocenters. The summed E-state index contributed by atoms with van der Waals surface area (Å²) in [5, 5.41) is 3.41. The van der Waals surface area contributed by atoms with Crippen LogP contribution in [0.15, 0.2) is 116 Å². The van der Waals surface area contributed by atoms with Crippen LogP contribution in [0.25, 0.3) is 55.4 Å². The molecule has 220 valence electrons. The zero-order valence-corrected chi connectivity index (χ0v) is 25.8. The lowest BCUT2D eigenvalue weighted by Crippen LogP contribution is -2.00. The first-order valence-corrected chi connectivity index (χ1v) is 15.5. The summed E-state index contributed by atoms with van der Waals surface area (Å²) < 4.78 is 11.0. The van der Waals surface area contributed by atoms with Gasteiger partial charge in [0.1, 0.15) is 23.1 Å². The van der Waals surface area contributed by atoms with Crippen LogP contribution in [-0.2, 0) is 0 Å². The van der Waals surface area contributed by atoms with E-state index in [0.29, 0.717) is 17.6 Å². The molecule has 0 radical (unpaired) electrons. The summed E-state index contributed by atoms with van der Waals surface area (Å²) in [5.41, 5.74) is 7.58. The predicted molar refractivity (Wildman–Crippen MR) is 183 cm³/mol. The minimum absolute atomic E-state index is 0.394. The van der Waals surface area contributed by atoms with Crippen LogP contribution in [0.4, 0.5) is 0 Å². The minimum atomic E-state index is 0.394. The van der Waals surface area contributed by atoms with Crippen molar-refractivity contribution >= 4 is 43.7 Å². The van der Waals surface area contributed by atoms with Crippen LogP contribution in [-0.4, -0.2) is 24.1 Å². The highest BCUT2D eigenvalue weighted by Gasteiger charge is 2.18. The summed E-state index contributed by atoms with van der Waals surface area (Å²) in [6.45, 7) is 8.81. The van der Waals surface area contributed by atoms with Gasteiger partial charge in [0, 0.05) is 40.7 Å². The second-order valence-electron chi connectivity index (χ2n) is 12.2. The molecule has 0 fully saturated rings. The minimum Gasteiger partial charge on any atom is -0.456 e. The molecule has 8 aromatic rings. The Kier molecular flexibility index (Phi) is 6.38. The molecule has 0 spiro atoms. The van der Waals surface area contributed by atoms with Crippen LogP contribution >= 0.6 is 0 Å². The van der Waals surface area contributed by atoms with Gasteiger partial charge in [-0.2, -0.15) is 0 Å². The van der Waals surface area contributed by atoms with E-state index in [2.05, 4.69) is 128 Å². The van der Waals surface area contributed by atoms with Crippen molar-refractivity contribution in [2.75, 3.05) is 0 Å². The fourth-order valence-electron chi connectivity index (χ4n) is 6.34. The number of ether oxygens (including phenoxy) is 1. The number of rotatable bonds is 6. The molecule has 0 saturated heterocycles. The molecular weight excluding hydrogens is 554 g/mol. The van der Waals surface area contributed by atoms with Gasteiger partial charge in [0.05, 0.1) is 33.8 Å². The van der Waals surface area contributed by atoms with Crippen molar-refractivity contribution in [1.82, 2.24) is 24.1 Å². The fourth-order valence-corrected chi connectivity index (χ4v) is 6.34. The monoisotopic (exact) mass is 587 g/mol. The van der Waals surface area contributed by atoms with Gasteiger partial charge in [-0.25, -0.2) is 9.97 Å². The largest absolute Gasteiger partial charge is 0.456 e. The van der Waals surface area contributed by atoms with Crippen LogP contribution in [0.2, 0.25) is 0 Å². The van der Waals surface area contributed by atoms with E-state index in [4.69, 9.17) is 19.7 Å². The molecule has 0 aliphatic rings. The second kappa shape index (κ2) is 10.6. The molecule has 45 heavy (non-hydrogen) atoms. The first kappa shape index (κ1) is 27.1. The van der Waals surface area contributed by atoms with Gasteiger partial charge in [0.25, 0.3) is 0 Å². The maximum absolute atomic E-state index is 6.56. The molecular formula is C39H33N5O. The zero-order chi connectivity index (χ0) is 30.7. The van der Waals surface area contributed by atoms with Crippen molar-refractivity contribution in [2.24, 2.45) is 0 Å². The second-order valence-corrected chi connectivity index (χ2v) is 12.2. The molecule has 0 amide bonds. The SMILES string of the molecule is CC(C)c1ccnc(-n2c3ccccc3c3ccc(Oc4cnc5c6ccccc6n(-c6cc(C(C)C)ccn6)c5c4)cc32)c1. The van der Waals surface area contributed by atoms with E-state index in [9.17, 15) is 0 Å². The van der Waals surface area contributed by atoms with Gasteiger partial charge in [0.2, 0.25) is 0 Å². The van der Waals surface area contributed by atoms with Gasteiger partial charge < -0.3 is 4.74 Å². The normalized spacial score (nSPS) is 12.0. The van der Waals surface area contributed by atoms with Gasteiger partial charge in [-0.3, -0.25) is 14.1 Å². The fraction of sp³-hybridized carbons (Fsp3) is 0.154. The van der Waals surface area contributed by atoms with Crippen molar-refractivity contribution in [3.8, 4) is 23.1 Å². The van der Waals surface area contributed by atoms with Gasteiger partial charge in [-0.05, 0) is 71.5 Å². The third kappa shape index (κ3) is 4.52. The Morgan fingerprint density at radius 2 is 1.07 bits per heavy atom.